The van der Waals surface area contributed by atoms with E-state index in [1.165, 1.54) is 24.3 Å². The third-order valence-electron chi connectivity index (χ3n) is 4.62. The first-order valence-electron chi connectivity index (χ1n) is 10.6. The van der Waals surface area contributed by atoms with Crippen molar-refractivity contribution in [1.29, 1.82) is 0 Å². The predicted molar refractivity (Wildman–Crippen MR) is 125 cm³/mol. The van der Waals surface area contributed by atoms with E-state index in [1.807, 2.05) is 6.92 Å². The highest BCUT2D eigenvalue weighted by molar-refractivity contribution is 6.05. The van der Waals surface area contributed by atoms with Crippen molar-refractivity contribution in [2.24, 2.45) is 0 Å². The van der Waals surface area contributed by atoms with E-state index < -0.39 is 17.6 Å². The van der Waals surface area contributed by atoms with Gasteiger partial charge in [0.2, 0.25) is 5.91 Å². The summed E-state index contributed by atoms with van der Waals surface area (Å²) in [5.74, 6) is -0.213. The van der Waals surface area contributed by atoms with Crippen molar-refractivity contribution < 1.29 is 27.5 Å². The lowest BCUT2D eigenvalue weighted by atomic mass is 10.1. The Balaban J connectivity index is 1.57. The number of amides is 2. The molecule has 0 aromatic heterocycles. The molecule has 6 nitrogen and oxygen atoms in total. The minimum absolute atomic E-state index is 0.0303. The molecule has 0 atom stereocenters. The van der Waals surface area contributed by atoms with Crippen LogP contribution in [0.3, 0.4) is 0 Å². The van der Waals surface area contributed by atoms with Crippen LogP contribution in [-0.4, -0.2) is 25.0 Å². The molecule has 0 unspecified atom stereocenters. The molecular weight excluding hydrogens is 447 g/mol. The molecule has 0 heterocycles. The molecule has 2 amide bonds. The number of alkyl halides is 3. The normalized spacial score (nSPS) is 10.9. The van der Waals surface area contributed by atoms with Gasteiger partial charge in [-0.05, 0) is 55.0 Å². The Morgan fingerprint density at radius 2 is 1.53 bits per heavy atom. The van der Waals surface area contributed by atoms with Crippen molar-refractivity contribution in [3.8, 4) is 5.75 Å². The van der Waals surface area contributed by atoms with E-state index >= 15 is 0 Å². The van der Waals surface area contributed by atoms with Gasteiger partial charge in [-0.15, -0.1) is 0 Å². The third kappa shape index (κ3) is 7.26. The van der Waals surface area contributed by atoms with Gasteiger partial charge >= 0.3 is 6.18 Å². The van der Waals surface area contributed by atoms with Crippen LogP contribution < -0.4 is 20.7 Å². The molecule has 3 aromatic rings. The minimum Gasteiger partial charge on any atom is -0.494 e. The van der Waals surface area contributed by atoms with Crippen LogP contribution in [0.5, 0.6) is 5.75 Å². The highest BCUT2D eigenvalue weighted by Crippen LogP contribution is 2.30. The van der Waals surface area contributed by atoms with Crippen LogP contribution in [0.15, 0.2) is 72.8 Å². The zero-order chi connectivity index (χ0) is 24.6. The Morgan fingerprint density at radius 1 is 0.853 bits per heavy atom. The van der Waals surface area contributed by atoms with Crippen LogP contribution in [0, 0.1) is 0 Å². The van der Waals surface area contributed by atoms with E-state index in [0.29, 0.717) is 23.7 Å². The van der Waals surface area contributed by atoms with Gasteiger partial charge in [0.05, 0.1) is 18.7 Å². The molecule has 178 valence electrons. The lowest BCUT2D eigenvalue weighted by Crippen LogP contribution is -2.22. The van der Waals surface area contributed by atoms with Crippen LogP contribution in [0.1, 0.15) is 29.3 Å². The second-order valence-electron chi connectivity index (χ2n) is 7.39. The summed E-state index contributed by atoms with van der Waals surface area (Å²) in [7, 11) is 0. The molecule has 0 radical (unpaired) electrons. The Bertz CT molecular complexity index is 1150. The molecule has 0 saturated heterocycles. The van der Waals surface area contributed by atoms with Gasteiger partial charge < -0.3 is 20.7 Å². The largest absolute Gasteiger partial charge is 0.494 e. The fourth-order valence-corrected chi connectivity index (χ4v) is 3.02. The van der Waals surface area contributed by atoms with Crippen molar-refractivity contribution in [3.05, 3.63) is 83.9 Å². The van der Waals surface area contributed by atoms with E-state index in [4.69, 9.17) is 4.74 Å². The van der Waals surface area contributed by atoms with Gasteiger partial charge in [-0.1, -0.05) is 25.1 Å². The summed E-state index contributed by atoms with van der Waals surface area (Å²) in [6, 6.07) is 17.8. The summed E-state index contributed by atoms with van der Waals surface area (Å²) < 4.78 is 44.2. The number of halogens is 3. The fourth-order valence-electron chi connectivity index (χ4n) is 3.02. The van der Waals surface area contributed by atoms with Gasteiger partial charge in [0.1, 0.15) is 5.75 Å². The SMILES string of the molecule is CCCOc1cccc(NC(=O)CNc2cccc(C(=O)Nc3cccc(C(F)(F)F)c3)c2)c1. The molecule has 3 aromatic carbocycles. The van der Waals surface area contributed by atoms with Crippen molar-refractivity contribution in [1.82, 2.24) is 0 Å². The van der Waals surface area contributed by atoms with E-state index in [-0.39, 0.29) is 23.7 Å². The van der Waals surface area contributed by atoms with Crippen molar-refractivity contribution in [2.75, 3.05) is 29.1 Å². The highest BCUT2D eigenvalue weighted by atomic mass is 19.4. The molecule has 0 saturated carbocycles. The first-order valence-corrected chi connectivity index (χ1v) is 10.6. The Labute approximate surface area is 195 Å². The van der Waals surface area contributed by atoms with Crippen molar-refractivity contribution >= 4 is 28.9 Å². The predicted octanol–water partition coefficient (Wildman–Crippen LogP) is 5.80. The molecule has 0 aliphatic carbocycles. The molecule has 9 heteroatoms. The van der Waals surface area contributed by atoms with Crippen LogP contribution >= 0.6 is 0 Å². The maximum absolute atomic E-state index is 12.9. The Hall–Kier alpha value is -4.01. The number of hydrogen-bond donors (Lipinski definition) is 3. The average molecular weight is 471 g/mol. The lowest BCUT2D eigenvalue weighted by molar-refractivity contribution is -0.137. The third-order valence-corrected chi connectivity index (χ3v) is 4.62. The smallest absolute Gasteiger partial charge is 0.416 e. The first-order chi connectivity index (χ1) is 16.2. The highest BCUT2D eigenvalue weighted by Gasteiger charge is 2.30. The van der Waals surface area contributed by atoms with Gasteiger partial charge in [-0.25, -0.2) is 0 Å². The monoisotopic (exact) mass is 471 g/mol. The first kappa shape index (κ1) is 24.6. The van der Waals surface area contributed by atoms with Gasteiger partial charge in [-0.3, -0.25) is 9.59 Å². The van der Waals surface area contributed by atoms with Crippen molar-refractivity contribution in [2.45, 2.75) is 19.5 Å². The summed E-state index contributed by atoms with van der Waals surface area (Å²) in [4.78, 5) is 24.8. The summed E-state index contributed by atoms with van der Waals surface area (Å²) >= 11 is 0. The van der Waals surface area contributed by atoms with Crippen LogP contribution in [-0.2, 0) is 11.0 Å². The average Bonchev–Trinajstić information content (AvgIpc) is 2.81. The number of nitrogens with one attached hydrogen (secondary N) is 3. The topological polar surface area (TPSA) is 79.5 Å². The molecule has 3 N–H and O–H groups in total. The van der Waals surface area contributed by atoms with Crippen LogP contribution in [0.2, 0.25) is 0 Å². The van der Waals surface area contributed by atoms with Gasteiger partial charge in [0.15, 0.2) is 0 Å². The second-order valence-corrected chi connectivity index (χ2v) is 7.39. The Morgan fingerprint density at radius 3 is 2.26 bits per heavy atom. The standard InChI is InChI=1S/C25H24F3N3O3/c1-2-12-34-22-11-5-10-21(15-22)30-23(32)16-29-19-8-3-6-17(13-19)24(33)31-20-9-4-7-18(14-20)25(26,27)28/h3-11,13-15,29H,2,12,16H2,1H3,(H,30,32)(H,31,33). The summed E-state index contributed by atoms with van der Waals surface area (Å²) in [6.07, 6.45) is -3.63. The summed E-state index contributed by atoms with van der Waals surface area (Å²) in [5.41, 5.74) is 0.502. The van der Waals surface area contributed by atoms with Crippen molar-refractivity contribution in [3.63, 3.8) is 0 Å². The number of carbonyl (C=O) groups is 2. The van der Waals surface area contributed by atoms with E-state index in [9.17, 15) is 22.8 Å². The zero-order valence-corrected chi connectivity index (χ0v) is 18.4. The molecule has 0 aliphatic heterocycles. The minimum atomic E-state index is -4.50. The zero-order valence-electron chi connectivity index (χ0n) is 18.4. The fraction of sp³-hybridized carbons (Fsp3) is 0.200. The molecular formula is C25H24F3N3O3. The van der Waals surface area contributed by atoms with Crippen LogP contribution in [0.4, 0.5) is 30.2 Å². The van der Waals surface area contributed by atoms with E-state index in [1.54, 1.807) is 36.4 Å². The number of carbonyl (C=O) groups excluding carboxylic acids is 2. The quantitative estimate of drug-likeness (QED) is 0.369. The number of hydrogen-bond acceptors (Lipinski definition) is 4. The molecule has 3 rings (SSSR count). The van der Waals surface area contributed by atoms with Crippen LogP contribution in [0.25, 0.3) is 0 Å². The maximum Gasteiger partial charge on any atom is 0.416 e. The molecule has 0 aliphatic rings. The van der Waals surface area contributed by atoms with E-state index in [0.717, 1.165) is 18.6 Å². The maximum atomic E-state index is 12.9. The van der Waals surface area contributed by atoms with Gasteiger partial charge in [0.25, 0.3) is 5.91 Å². The number of benzene rings is 3. The number of rotatable bonds is 9. The molecule has 0 bridgehead atoms. The Kier molecular flexibility index (Phi) is 8.13. The molecule has 0 spiro atoms. The number of anilines is 3. The summed E-state index contributed by atoms with van der Waals surface area (Å²) in [5, 5.41) is 8.15. The molecule has 0 fully saturated rings. The van der Waals surface area contributed by atoms with Gasteiger partial charge in [-0.2, -0.15) is 13.2 Å². The van der Waals surface area contributed by atoms with Gasteiger partial charge in [0, 0.05) is 28.7 Å². The lowest BCUT2D eigenvalue weighted by Gasteiger charge is -2.12. The van der Waals surface area contributed by atoms with E-state index in [2.05, 4.69) is 16.0 Å². The summed E-state index contributed by atoms with van der Waals surface area (Å²) in [6.45, 7) is 2.52. The number of ether oxygens (including phenoxy) is 1. The molecule has 34 heavy (non-hydrogen) atoms. The second kappa shape index (κ2) is 11.2.